The maximum atomic E-state index is 5.61. The largest absolute Gasteiger partial charge is 0.496 e. The van der Waals surface area contributed by atoms with Crippen LogP contribution in [0.2, 0.25) is 0 Å². The molecule has 0 bridgehead atoms. The molecule has 23 heavy (non-hydrogen) atoms. The second kappa shape index (κ2) is 4.31. The minimum absolute atomic E-state index is 0.0678. The summed E-state index contributed by atoms with van der Waals surface area (Å²) < 4.78 is 8.05. The van der Waals surface area contributed by atoms with Crippen LogP contribution in [0, 0.1) is 0 Å². The third-order valence-corrected chi connectivity index (χ3v) is 5.63. The summed E-state index contributed by atoms with van der Waals surface area (Å²) in [4.78, 5) is 2.59. The molecule has 3 heteroatoms. The maximum absolute atomic E-state index is 5.61. The van der Waals surface area contributed by atoms with E-state index in [-0.39, 0.29) is 5.54 Å². The van der Waals surface area contributed by atoms with Crippen LogP contribution in [-0.4, -0.2) is 18.2 Å². The van der Waals surface area contributed by atoms with Crippen LogP contribution in [0.5, 0.6) is 5.75 Å². The van der Waals surface area contributed by atoms with Crippen molar-refractivity contribution in [2.45, 2.75) is 25.3 Å². The summed E-state index contributed by atoms with van der Waals surface area (Å²) in [6, 6.07) is 17.4. The Kier molecular flexibility index (Phi) is 2.45. The van der Waals surface area contributed by atoms with Crippen LogP contribution in [0.1, 0.15) is 25.5 Å². The molecule has 2 aliphatic rings. The Balaban J connectivity index is 1.94. The van der Waals surface area contributed by atoms with E-state index in [1.165, 1.54) is 40.8 Å². The fourth-order valence-electron chi connectivity index (χ4n) is 4.53. The van der Waals surface area contributed by atoms with E-state index in [2.05, 4.69) is 64.9 Å². The van der Waals surface area contributed by atoms with E-state index in [1.807, 2.05) is 0 Å². The first-order valence-electron chi connectivity index (χ1n) is 8.30. The van der Waals surface area contributed by atoms with Crippen molar-refractivity contribution in [2.24, 2.45) is 0 Å². The minimum atomic E-state index is 0.0678. The predicted octanol–water partition coefficient (Wildman–Crippen LogP) is 4.47. The highest BCUT2D eigenvalue weighted by molar-refractivity contribution is 5.91. The summed E-state index contributed by atoms with van der Waals surface area (Å²) >= 11 is 0. The molecule has 1 atom stereocenters. The van der Waals surface area contributed by atoms with Gasteiger partial charge in [0.05, 0.1) is 29.5 Å². The minimum Gasteiger partial charge on any atom is -0.496 e. The third kappa shape index (κ3) is 1.50. The number of anilines is 1. The van der Waals surface area contributed by atoms with Crippen LogP contribution >= 0.6 is 0 Å². The summed E-state index contributed by atoms with van der Waals surface area (Å²) in [5.41, 5.74) is 5.32. The first-order valence-corrected chi connectivity index (χ1v) is 8.30. The molecule has 3 nitrogen and oxygen atoms in total. The van der Waals surface area contributed by atoms with Crippen LogP contribution in [0.15, 0.2) is 48.5 Å². The summed E-state index contributed by atoms with van der Waals surface area (Å²) in [6.07, 6.45) is 2.43. The van der Waals surface area contributed by atoms with Crippen molar-refractivity contribution in [3.63, 3.8) is 0 Å². The quantitative estimate of drug-likeness (QED) is 0.660. The van der Waals surface area contributed by atoms with Gasteiger partial charge < -0.3 is 14.2 Å². The Hall–Kier alpha value is -2.42. The first kappa shape index (κ1) is 13.1. The van der Waals surface area contributed by atoms with Crippen molar-refractivity contribution >= 4 is 16.6 Å². The Morgan fingerprint density at radius 3 is 2.70 bits per heavy atom. The van der Waals surface area contributed by atoms with Crippen LogP contribution in [-0.2, 0) is 5.54 Å². The average Bonchev–Trinajstić information content (AvgIpc) is 3.16. The van der Waals surface area contributed by atoms with E-state index in [1.54, 1.807) is 7.11 Å². The van der Waals surface area contributed by atoms with Crippen molar-refractivity contribution in [3.8, 4) is 11.4 Å². The zero-order valence-electron chi connectivity index (χ0n) is 13.5. The van der Waals surface area contributed by atoms with Gasteiger partial charge in [-0.05, 0) is 50.1 Å². The lowest BCUT2D eigenvalue weighted by Crippen LogP contribution is -2.43. The molecule has 116 valence electrons. The number of ether oxygens (including phenoxy) is 1. The van der Waals surface area contributed by atoms with Gasteiger partial charge in [0.1, 0.15) is 5.75 Å². The lowest BCUT2D eigenvalue weighted by molar-refractivity contribution is 0.420. The van der Waals surface area contributed by atoms with E-state index < -0.39 is 0 Å². The molecule has 3 aromatic rings. The first-order chi connectivity index (χ1) is 11.2. The van der Waals surface area contributed by atoms with Gasteiger partial charge in [-0.1, -0.05) is 18.2 Å². The highest BCUT2D eigenvalue weighted by Crippen LogP contribution is 2.50. The van der Waals surface area contributed by atoms with Crippen LogP contribution in [0.25, 0.3) is 16.6 Å². The Morgan fingerprint density at radius 2 is 1.87 bits per heavy atom. The standard InChI is InChI=1S/C20H20N2O/c1-20-11-6-12-21(20)16-7-3-4-8-17(16)22-15-9-5-10-18(23-2)14(15)13-19(20)22/h3-5,7-10,13H,6,11-12H2,1-2H3. The maximum Gasteiger partial charge on any atom is 0.128 e. The van der Waals surface area contributed by atoms with Gasteiger partial charge in [-0.25, -0.2) is 0 Å². The lowest BCUT2D eigenvalue weighted by Gasteiger charge is -2.43. The van der Waals surface area contributed by atoms with Gasteiger partial charge in [0.2, 0.25) is 0 Å². The van der Waals surface area contributed by atoms with Crippen molar-refractivity contribution in [1.29, 1.82) is 0 Å². The zero-order chi connectivity index (χ0) is 15.6. The highest BCUT2D eigenvalue weighted by atomic mass is 16.5. The lowest BCUT2D eigenvalue weighted by atomic mass is 9.91. The molecule has 0 amide bonds. The number of fused-ring (bicyclic) bond motifs is 8. The highest BCUT2D eigenvalue weighted by Gasteiger charge is 2.45. The molecule has 0 saturated carbocycles. The Labute approximate surface area is 136 Å². The number of methoxy groups -OCH3 is 1. The van der Waals surface area contributed by atoms with E-state index in [9.17, 15) is 0 Å². The van der Waals surface area contributed by atoms with Crippen LogP contribution in [0.4, 0.5) is 5.69 Å². The molecule has 1 fully saturated rings. The zero-order valence-corrected chi connectivity index (χ0v) is 13.5. The molecule has 0 radical (unpaired) electrons. The number of hydrogen-bond donors (Lipinski definition) is 0. The SMILES string of the molecule is COc1cccc2c1cc1n2-c2ccccc2N2CCCC12C. The number of nitrogens with zero attached hydrogens (tertiary/aromatic N) is 2. The number of rotatable bonds is 1. The van der Waals surface area contributed by atoms with E-state index in [4.69, 9.17) is 4.74 Å². The molecule has 2 aromatic carbocycles. The summed E-state index contributed by atoms with van der Waals surface area (Å²) in [5.74, 6) is 0.954. The topological polar surface area (TPSA) is 17.4 Å². The Morgan fingerprint density at radius 1 is 1.04 bits per heavy atom. The van der Waals surface area contributed by atoms with Crippen LogP contribution < -0.4 is 9.64 Å². The second-order valence-corrected chi connectivity index (χ2v) is 6.78. The predicted molar refractivity (Wildman–Crippen MR) is 93.8 cm³/mol. The second-order valence-electron chi connectivity index (χ2n) is 6.78. The summed E-state index contributed by atoms with van der Waals surface area (Å²) in [7, 11) is 1.75. The van der Waals surface area contributed by atoms with Crippen molar-refractivity contribution in [3.05, 3.63) is 54.2 Å². The molecule has 1 saturated heterocycles. The van der Waals surface area contributed by atoms with Crippen LogP contribution in [0.3, 0.4) is 0 Å². The molecule has 0 aliphatic carbocycles. The number of para-hydroxylation sites is 2. The van der Waals surface area contributed by atoms with Crippen molar-refractivity contribution in [1.82, 2.24) is 4.57 Å². The summed E-state index contributed by atoms with van der Waals surface area (Å²) in [6.45, 7) is 3.51. The van der Waals surface area contributed by atoms with Gasteiger partial charge in [-0.3, -0.25) is 0 Å². The van der Waals surface area contributed by atoms with Gasteiger partial charge in [0.15, 0.2) is 0 Å². The molecule has 3 heterocycles. The summed E-state index contributed by atoms with van der Waals surface area (Å²) in [5, 5.41) is 1.20. The molecule has 0 spiro atoms. The van der Waals surface area contributed by atoms with Crippen molar-refractivity contribution < 1.29 is 4.74 Å². The number of hydrogen-bond acceptors (Lipinski definition) is 2. The van der Waals surface area contributed by atoms with Gasteiger partial charge in [-0.15, -0.1) is 0 Å². The smallest absolute Gasteiger partial charge is 0.128 e. The third-order valence-electron chi connectivity index (χ3n) is 5.63. The molecule has 5 rings (SSSR count). The Bertz CT molecular complexity index is 927. The fraction of sp³-hybridized carbons (Fsp3) is 0.300. The number of benzene rings is 2. The molecule has 1 aromatic heterocycles. The average molecular weight is 304 g/mol. The molecular formula is C20H20N2O. The number of aromatic nitrogens is 1. The van der Waals surface area contributed by atoms with Gasteiger partial charge >= 0.3 is 0 Å². The monoisotopic (exact) mass is 304 g/mol. The molecule has 2 aliphatic heterocycles. The van der Waals surface area contributed by atoms with Gasteiger partial charge in [-0.2, -0.15) is 0 Å². The van der Waals surface area contributed by atoms with E-state index in [0.29, 0.717) is 0 Å². The molecule has 0 N–H and O–H groups in total. The normalized spacial score (nSPS) is 21.9. The molecular weight excluding hydrogens is 284 g/mol. The van der Waals surface area contributed by atoms with Gasteiger partial charge in [0.25, 0.3) is 0 Å². The van der Waals surface area contributed by atoms with E-state index >= 15 is 0 Å². The van der Waals surface area contributed by atoms with Crippen molar-refractivity contribution in [2.75, 3.05) is 18.6 Å². The fourth-order valence-corrected chi connectivity index (χ4v) is 4.53. The van der Waals surface area contributed by atoms with Gasteiger partial charge in [0, 0.05) is 17.6 Å². The molecule has 1 unspecified atom stereocenters. The van der Waals surface area contributed by atoms with E-state index in [0.717, 1.165) is 12.3 Å².